The highest BCUT2D eigenvalue weighted by atomic mass is 19.1. The number of ether oxygens (including phenoxy) is 1. The first kappa shape index (κ1) is 14.7. The van der Waals surface area contributed by atoms with Crippen molar-refractivity contribution < 1.29 is 18.4 Å². The molecule has 0 bridgehead atoms. The quantitative estimate of drug-likeness (QED) is 0.943. The molecule has 0 radical (unpaired) electrons. The number of carbonyl (C=O) groups excluding carboxylic acids is 1. The molecule has 2 heterocycles. The Morgan fingerprint density at radius 1 is 1.41 bits per heavy atom. The van der Waals surface area contributed by atoms with Gasteiger partial charge in [-0.05, 0) is 31.0 Å². The Bertz CT molecular complexity index is 654. The minimum atomic E-state index is -0.287. The Morgan fingerprint density at radius 3 is 2.86 bits per heavy atom. The van der Waals surface area contributed by atoms with Gasteiger partial charge in [0.25, 0.3) is 5.91 Å². The second-order valence-corrected chi connectivity index (χ2v) is 5.43. The van der Waals surface area contributed by atoms with E-state index in [0.29, 0.717) is 18.8 Å². The molecule has 0 spiro atoms. The van der Waals surface area contributed by atoms with Crippen LogP contribution in [0.3, 0.4) is 0 Å². The van der Waals surface area contributed by atoms with Gasteiger partial charge < -0.3 is 14.6 Å². The molecule has 0 unspecified atom stereocenters. The van der Waals surface area contributed by atoms with Gasteiger partial charge in [-0.3, -0.25) is 4.79 Å². The summed E-state index contributed by atoms with van der Waals surface area (Å²) in [6.07, 6.45) is 0.718. The summed E-state index contributed by atoms with van der Waals surface area (Å²) in [6.45, 7) is 2.86. The minimum Gasteiger partial charge on any atom is -0.373 e. The number of rotatable bonds is 4. The van der Waals surface area contributed by atoms with E-state index in [0.717, 1.165) is 12.0 Å². The van der Waals surface area contributed by atoms with Gasteiger partial charge in [-0.1, -0.05) is 17.3 Å². The van der Waals surface area contributed by atoms with Crippen molar-refractivity contribution >= 4 is 5.91 Å². The van der Waals surface area contributed by atoms with E-state index in [1.54, 1.807) is 25.1 Å². The number of aromatic nitrogens is 1. The monoisotopic (exact) mass is 304 g/mol. The Balaban J connectivity index is 1.61. The molecule has 116 valence electrons. The lowest BCUT2D eigenvalue weighted by molar-refractivity contribution is 0.0827. The summed E-state index contributed by atoms with van der Waals surface area (Å²) >= 11 is 0. The number of halogens is 1. The fraction of sp³-hybridized carbons (Fsp3) is 0.375. The van der Waals surface area contributed by atoms with E-state index in [1.807, 2.05) is 0 Å². The number of carbonyl (C=O) groups is 1. The molecular formula is C16H17FN2O3. The number of amides is 1. The lowest BCUT2D eigenvalue weighted by Gasteiger charge is -2.19. The fourth-order valence-corrected chi connectivity index (χ4v) is 2.65. The highest BCUT2D eigenvalue weighted by Gasteiger charge is 2.30. The molecule has 1 amide bonds. The number of aryl methyl sites for hydroxylation is 1. The smallest absolute Gasteiger partial charge is 0.289 e. The third kappa shape index (κ3) is 3.17. The van der Waals surface area contributed by atoms with Gasteiger partial charge in [-0.25, -0.2) is 4.39 Å². The average Bonchev–Trinajstić information content (AvgIpc) is 3.14. The standard InChI is InChI=1S/C16H17FN2O3/c1-10-8-14(22-19-10)16(20)18-9-12-6-7-21-15(12)11-2-4-13(17)5-3-11/h2-5,8,12,15H,6-7,9H2,1H3,(H,18,20)/t12-,15-/m0/s1. The van der Waals surface area contributed by atoms with Crippen LogP contribution in [0.25, 0.3) is 0 Å². The second kappa shape index (κ2) is 6.27. The van der Waals surface area contributed by atoms with Crippen molar-refractivity contribution in [2.24, 2.45) is 5.92 Å². The normalized spacial score (nSPS) is 21.0. The third-order valence-electron chi connectivity index (χ3n) is 3.79. The van der Waals surface area contributed by atoms with Gasteiger partial charge in [0.1, 0.15) is 5.82 Å². The first-order valence-corrected chi connectivity index (χ1v) is 7.22. The predicted molar refractivity (Wildman–Crippen MR) is 76.8 cm³/mol. The summed E-state index contributed by atoms with van der Waals surface area (Å²) in [5.41, 5.74) is 1.59. The molecule has 1 aromatic carbocycles. The van der Waals surface area contributed by atoms with E-state index < -0.39 is 0 Å². The van der Waals surface area contributed by atoms with Gasteiger partial charge >= 0.3 is 0 Å². The predicted octanol–water partition coefficient (Wildman–Crippen LogP) is 2.63. The van der Waals surface area contributed by atoms with E-state index in [4.69, 9.17) is 9.26 Å². The minimum absolute atomic E-state index is 0.127. The molecule has 0 saturated carbocycles. The lowest BCUT2D eigenvalue weighted by Crippen LogP contribution is -2.30. The molecule has 1 aliphatic heterocycles. The molecule has 22 heavy (non-hydrogen) atoms. The Hall–Kier alpha value is -2.21. The summed E-state index contributed by atoms with van der Waals surface area (Å²) < 4.78 is 23.7. The Kier molecular flexibility index (Phi) is 4.20. The topological polar surface area (TPSA) is 64.4 Å². The summed E-state index contributed by atoms with van der Waals surface area (Å²) in [6, 6.07) is 7.88. The van der Waals surface area contributed by atoms with E-state index in [2.05, 4.69) is 10.5 Å². The Labute approximate surface area is 127 Å². The van der Waals surface area contributed by atoms with Crippen LogP contribution < -0.4 is 5.32 Å². The zero-order chi connectivity index (χ0) is 15.5. The summed E-state index contributed by atoms with van der Waals surface area (Å²) in [5, 5.41) is 6.53. The first-order chi connectivity index (χ1) is 10.6. The van der Waals surface area contributed by atoms with Crippen LogP contribution >= 0.6 is 0 Å². The molecule has 1 fully saturated rings. The van der Waals surface area contributed by atoms with Crippen molar-refractivity contribution in [2.45, 2.75) is 19.4 Å². The number of nitrogens with one attached hydrogen (secondary N) is 1. The van der Waals surface area contributed by atoms with Crippen molar-refractivity contribution in [2.75, 3.05) is 13.2 Å². The van der Waals surface area contributed by atoms with Crippen molar-refractivity contribution in [3.8, 4) is 0 Å². The number of benzene rings is 1. The molecule has 2 atom stereocenters. The average molecular weight is 304 g/mol. The summed E-state index contributed by atoms with van der Waals surface area (Å²) in [4.78, 5) is 12.0. The molecule has 1 aromatic heterocycles. The number of nitrogens with zero attached hydrogens (tertiary/aromatic N) is 1. The molecule has 1 aliphatic rings. The van der Waals surface area contributed by atoms with E-state index in [-0.39, 0.29) is 29.5 Å². The molecule has 0 aliphatic carbocycles. The maximum absolute atomic E-state index is 13.0. The van der Waals surface area contributed by atoms with Crippen LogP contribution in [-0.4, -0.2) is 24.2 Å². The van der Waals surface area contributed by atoms with Gasteiger partial charge in [-0.2, -0.15) is 0 Å². The van der Waals surface area contributed by atoms with Gasteiger partial charge in [0.15, 0.2) is 0 Å². The van der Waals surface area contributed by atoms with Crippen LogP contribution in [0.1, 0.15) is 34.3 Å². The maximum atomic E-state index is 13.0. The largest absolute Gasteiger partial charge is 0.373 e. The van der Waals surface area contributed by atoms with Crippen molar-refractivity contribution in [3.05, 3.63) is 53.2 Å². The van der Waals surface area contributed by atoms with Crippen molar-refractivity contribution in [3.63, 3.8) is 0 Å². The third-order valence-corrected chi connectivity index (χ3v) is 3.79. The van der Waals surface area contributed by atoms with E-state index in [9.17, 15) is 9.18 Å². The second-order valence-electron chi connectivity index (χ2n) is 5.43. The van der Waals surface area contributed by atoms with Crippen molar-refractivity contribution in [1.82, 2.24) is 10.5 Å². The van der Waals surface area contributed by atoms with Crippen LogP contribution in [0.4, 0.5) is 4.39 Å². The zero-order valence-corrected chi connectivity index (χ0v) is 12.2. The first-order valence-electron chi connectivity index (χ1n) is 7.22. The molecule has 3 rings (SSSR count). The molecule has 5 nitrogen and oxygen atoms in total. The zero-order valence-electron chi connectivity index (χ0n) is 12.2. The van der Waals surface area contributed by atoms with E-state index in [1.165, 1.54) is 12.1 Å². The van der Waals surface area contributed by atoms with Gasteiger partial charge in [0, 0.05) is 25.1 Å². The van der Waals surface area contributed by atoms with Crippen LogP contribution in [0.2, 0.25) is 0 Å². The highest BCUT2D eigenvalue weighted by molar-refractivity contribution is 5.91. The van der Waals surface area contributed by atoms with Crippen LogP contribution in [-0.2, 0) is 4.74 Å². The molecular weight excluding hydrogens is 287 g/mol. The summed E-state index contributed by atoms with van der Waals surface area (Å²) in [5.74, 6) is -0.203. The van der Waals surface area contributed by atoms with Crippen LogP contribution in [0, 0.1) is 18.7 Å². The maximum Gasteiger partial charge on any atom is 0.289 e. The van der Waals surface area contributed by atoms with Crippen LogP contribution in [0.5, 0.6) is 0 Å². The van der Waals surface area contributed by atoms with Gasteiger partial charge in [0.05, 0.1) is 11.8 Å². The molecule has 1 N–H and O–H groups in total. The van der Waals surface area contributed by atoms with Gasteiger partial charge in [0.2, 0.25) is 5.76 Å². The molecule has 2 aromatic rings. The van der Waals surface area contributed by atoms with Gasteiger partial charge in [-0.15, -0.1) is 0 Å². The van der Waals surface area contributed by atoms with Crippen LogP contribution in [0.15, 0.2) is 34.9 Å². The molecule has 1 saturated heterocycles. The van der Waals surface area contributed by atoms with E-state index >= 15 is 0 Å². The van der Waals surface area contributed by atoms with Crippen molar-refractivity contribution in [1.29, 1.82) is 0 Å². The molecule has 6 heteroatoms. The number of hydrogen-bond acceptors (Lipinski definition) is 4. The lowest BCUT2D eigenvalue weighted by atomic mass is 9.95. The Morgan fingerprint density at radius 2 is 2.18 bits per heavy atom. The highest BCUT2D eigenvalue weighted by Crippen LogP contribution is 2.34. The SMILES string of the molecule is Cc1cc(C(=O)NC[C@@H]2CCO[C@H]2c2ccc(F)cc2)on1. The number of hydrogen-bond donors (Lipinski definition) is 1. The summed E-state index contributed by atoms with van der Waals surface area (Å²) in [7, 11) is 0. The fourth-order valence-electron chi connectivity index (χ4n) is 2.65.